The summed E-state index contributed by atoms with van der Waals surface area (Å²) in [5.41, 5.74) is 1.72. The Morgan fingerprint density at radius 3 is 2.56 bits per heavy atom. The summed E-state index contributed by atoms with van der Waals surface area (Å²) in [5.74, 6) is 0.621. The fraction of sp³-hybridized carbons (Fsp3) is 0.636. The lowest BCUT2D eigenvalue weighted by Crippen LogP contribution is -2.17. The summed E-state index contributed by atoms with van der Waals surface area (Å²) in [6, 6.07) is 0.223. The van der Waals surface area contributed by atoms with E-state index in [0.29, 0.717) is 11.0 Å². The molecule has 1 unspecified atom stereocenters. The first-order chi connectivity index (χ1) is 7.54. The van der Waals surface area contributed by atoms with Crippen LogP contribution in [0.2, 0.25) is 5.15 Å². The van der Waals surface area contributed by atoms with Crippen molar-refractivity contribution in [2.24, 2.45) is 0 Å². The fourth-order valence-corrected chi connectivity index (χ4v) is 1.59. The van der Waals surface area contributed by atoms with Crippen molar-refractivity contribution in [1.29, 1.82) is 0 Å². The predicted molar refractivity (Wildman–Crippen MR) is 65.9 cm³/mol. The van der Waals surface area contributed by atoms with Gasteiger partial charge in [-0.2, -0.15) is 0 Å². The number of rotatable bonds is 5. The number of aromatic nitrogens is 2. The number of halogens is 1. The topological polar surface area (TPSA) is 58.0 Å². The smallest absolute Gasteiger partial charge is 0.171 e. The Kier molecular flexibility index (Phi) is 4.96. The Morgan fingerprint density at radius 2 is 1.94 bits per heavy atom. The lowest BCUT2D eigenvalue weighted by atomic mass is 10.2. The molecule has 1 atom stereocenters. The summed E-state index contributed by atoms with van der Waals surface area (Å²) in [6.07, 6.45) is 1.64. The van der Waals surface area contributed by atoms with Crippen LogP contribution in [-0.4, -0.2) is 27.7 Å². The van der Waals surface area contributed by atoms with Crippen molar-refractivity contribution >= 4 is 17.4 Å². The fourth-order valence-electron chi connectivity index (χ4n) is 1.37. The van der Waals surface area contributed by atoms with Crippen molar-refractivity contribution in [1.82, 2.24) is 9.97 Å². The molecule has 1 heterocycles. The minimum atomic E-state index is 0.207. The third-order valence-electron chi connectivity index (χ3n) is 2.44. The standard InChI is InChI=1S/C11H18ClN3O/c1-7(5-4-6-16)13-11-10(12)14-8(2)9(3)15-11/h7,16H,4-6H2,1-3H3,(H,13,15). The van der Waals surface area contributed by atoms with E-state index in [0.717, 1.165) is 24.2 Å². The zero-order valence-corrected chi connectivity index (χ0v) is 10.7. The summed E-state index contributed by atoms with van der Waals surface area (Å²) in [5, 5.41) is 12.3. The van der Waals surface area contributed by atoms with Gasteiger partial charge < -0.3 is 10.4 Å². The first-order valence-corrected chi connectivity index (χ1v) is 5.80. The molecule has 2 N–H and O–H groups in total. The third-order valence-corrected chi connectivity index (χ3v) is 2.71. The van der Waals surface area contributed by atoms with Gasteiger partial charge in [0.1, 0.15) is 0 Å². The first kappa shape index (κ1) is 13.2. The molecule has 0 saturated carbocycles. The molecule has 0 amide bonds. The second-order valence-corrected chi connectivity index (χ2v) is 4.30. The van der Waals surface area contributed by atoms with E-state index in [1.165, 1.54) is 0 Å². The molecule has 1 rings (SSSR count). The highest BCUT2D eigenvalue weighted by molar-refractivity contribution is 6.31. The normalized spacial score (nSPS) is 12.6. The van der Waals surface area contributed by atoms with E-state index in [1.807, 2.05) is 20.8 Å². The van der Waals surface area contributed by atoms with Gasteiger partial charge in [-0.3, -0.25) is 0 Å². The summed E-state index contributed by atoms with van der Waals surface area (Å²) in [7, 11) is 0. The maximum absolute atomic E-state index is 8.73. The monoisotopic (exact) mass is 243 g/mol. The van der Waals surface area contributed by atoms with Crippen LogP contribution in [0, 0.1) is 13.8 Å². The molecule has 5 heteroatoms. The van der Waals surface area contributed by atoms with E-state index in [9.17, 15) is 0 Å². The number of aryl methyl sites for hydroxylation is 2. The zero-order valence-electron chi connectivity index (χ0n) is 9.92. The van der Waals surface area contributed by atoms with Crippen LogP contribution in [0.4, 0.5) is 5.82 Å². The molecule has 0 spiro atoms. The molecule has 0 bridgehead atoms. The Labute approximate surface area is 101 Å². The van der Waals surface area contributed by atoms with E-state index in [4.69, 9.17) is 16.7 Å². The predicted octanol–water partition coefficient (Wildman–Crippen LogP) is 2.32. The molecule has 0 aliphatic carbocycles. The molecule has 0 aliphatic heterocycles. The van der Waals surface area contributed by atoms with Gasteiger partial charge in [0.25, 0.3) is 0 Å². The van der Waals surface area contributed by atoms with Crippen molar-refractivity contribution in [2.75, 3.05) is 11.9 Å². The Balaban J connectivity index is 2.69. The van der Waals surface area contributed by atoms with Crippen LogP contribution in [0.15, 0.2) is 0 Å². The average Bonchev–Trinajstić information content (AvgIpc) is 2.23. The molecular formula is C11H18ClN3O. The minimum Gasteiger partial charge on any atom is -0.396 e. The van der Waals surface area contributed by atoms with Crippen LogP contribution in [0.1, 0.15) is 31.2 Å². The van der Waals surface area contributed by atoms with Gasteiger partial charge >= 0.3 is 0 Å². The highest BCUT2D eigenvalue weighted by atomic mass is 35.5. The molecule has 4 nitrogen and oxygen atoms in total. The van der Waals surface area contributed by atoms with Crippen LogP contribution in [0.5, 0.6) is 0 Å². The van der Waals surface area contributed by atoms with Crippen LogP contribution in [-0.2, 0) is 0 Å². The molecule has 0 saturated heterocycles. The molecule has 0 radical (unpaired) electrons. The van der Waals surface area contributed by atoms with Crippen molar-refractivity contribution < 1.29 is 5.11 Å². The van der Waals surface area contributed by atoms with Gasteiger partial charge in [0.2, 0.25) is 0 Å². The largest absolute Gasteiger partial charge is 0.396 e. The van der Waals surface area contributed by atoms with Gasteiger partial charge in [0, 0.05) is 12.6 Å². The third kappa shape index (κ3) is 3.61. The molecular weight excluding hydrogens is 226 g/mol. The average molecular weight is 244 g/mol. The molecule has 0 aliphatic rings. The Bertz CT molecular complexity index is 357. The second kappa shape index (κ2) is 6.01. The number of nitrogens with one attached hydrogen (secondary N) is 1. The van der Waals surface area contributed by atoms with Gasteiger partial charge in [-0.25, -0.2) is 9.97 Å². The summed E-state index contributed by atoms with van der Waals surface area (Å²) < 4.78 is 0. The second-order valence-electron chi connectivity index (χ2n) is 3.95. The molecule has 16 heavy (non-hydrogen) atoms. The van der Waals surface area contributed by atoms with E-state index in [1.54, 1.807) is 0 Å². The number of anilines is 1. The number of aliphatic hydroxyl groups is 1. The molecule has 90 valence electrons. The SMILES string of the molecule is Cc1nc(Cl)c(NC(C)CCCO)nc1C. The van der Waals surface area contributed by atoms with Crippen LogP contribution in [0.3, 0.4) is 0 Å². The van der Waals surface area contributed by atoms with Gasteiger partial charge in [0.15, 0.2) is 11.0 Å². The zero-order chi connectivity index (χ0) is 12.1. The van der Waals surface area contributed by atoms with E-state index < -0.39 is 0 Å². The van der Waals surface area contributed by atoms with Gasteiger partial charge in [-0.15, -0.1) is 0 Å². The number of aliphatic hydroxyl groups excluding tert-OH is 1. The highest BCUT2D eigenvalue weighted by Crippen LogP contribution is 2.19. The summed E-state index contributed by atoms with van der Waals surface area (Å²) >= 11 is 5.99. The summed E-state index contributed by atoms with van der Waals surface area (Å²) in [4.78, 5) is 8.55. The molecule has 1 aromatic heterocycles. The molecule has 0 fully saturated rings. The van der Waals surface area contributed by atoms with Gasteiger partial charge in [0.05, 0.1) is 11.4 Å². The van der Waals surface area contributed by atoms with E-state index >= 15 is 0 Å². The van der Waals surface area contributed by atoms with Crippen molar-refractivity contribution in [3.05, 3.63) is 16.5 Å². The lowest BCUT2D eigenvalue weighted by Gasteiger charge is -2.15. The Morgan fingerprint density at radius 1 is 1.31 bits per heavy atom. The number of hydrogen-bond acceptors (Lipinski definition) is 4. The number of hydrogen-bond donors (Lipinski definition) is 2. The lowest BCUT2D eigenvalue weighted by molar-refractivity contribution is 0.282. The van der Waals surface area contributed by atoms with Crippen LogP contribution in [0.25, 0.3) is 0 Å². The maximum Gasteiger partial charge on any atom is 0.171 e. The van der Waals surface area contributed by atoms with Crippen LogP contribution >= 0.6 is 11.6 Å². The highest BCUT2D eigenvalue weighted by Gasteiger charge is 2.09. The van der Waals surface area contributed by atoms with Crippen LogP contribution < -0.4 is 5.32 Å². The summed E-state index contributed by atoms with van der Waals surface area (Å²) in [6.45, 7) is 6.02. The van der Waals surface area contributed by atoms with Crippen molar-refractivity contribution in [2.45, 2.75) is 39.7 Å². The van der Waals surface area contributed by atoms with Gasteiger partial charge in [-0.05, 0) is 33.6 Å². The number of nitrogens with zero attached hydrogens (tertiary/aromatic N) is 2. The van der Waals surface area contributed by atoms with Crippen molar-refractivity contribution in [3.8, 4) is 0 Å². The maximum atomic E-state index is 8.73. The van der Waals surface area contributed by atoms with E-state index in [2.05, 4.69) is 15.3 Å². The Hall–Kier alpha value is -0.870. The van der Waals surface area contributed by atoms with E-state index in [-0.39, 0.29) is 12.6 Å². The molecule has 1 aromatic rings. The minimum absolute atomic E-state index is 0.207. The van der Waals surface area contributed by atoms with Crippen molar-refractivity contribution in [3.63, 3.8) is 0 Å². The quantitative estimate of drug-likeness (QED) is 0.833. The van der Waals surface area contributed by atoms with Gasteiger partial charge in [-0.1, -0.05) is 11.6 Å². The molecule has 0 aromatic carbocycles. The first-order valence-electron chi connectivity index (χ1n) is 5.42.